The number of carbonyl (C=O) groups is 2. The van der Waals surface area contributed by atoms with E-state index in [9.17, 15) is 9.59 Å². The lowest BCUT2D eigenvalue weighted by molar-refractivity contribution is -0.121. The van der Waals surface area contributed by atoms with E-state index in [0.717, 1.165) is 18.9 Å². The molecule has 1 rings (SSSR count). The first-order valence-electron chi connectivity index (χ1n) is 8.85. The van der Waals surface area contributed by atoms with Gasteiger partial charge in [-0.1, -0.05) is 0 Å². The standard InChI is InChI=1S/C17H33N5O3/c1-12(2)20-14(23)7-9-19-15(18-6)22-10-8-13(11-22)21-16(24)25-17(3,4)5/h12-13H,7-11H2,1-6H3,(H,18,19)(H,20,23)(H,21,24). The Morgan fingerprint density at radius 2 is 2.00 bits per heavy atom. The summed E-state index contributed by atoms with van der Waals surface area (Å²) in [6, 6.07) is 0.169. The lowest BCUT2D eigenvalue weighted by Crippen LogP contribution is -2.45. The van der Waals surface area contributed by atoms with Gasteiger partial charge in [0.15, 0.2) is 5.96 Å². The summed E-state index contributed by atoms with van der Waals surface area (Å²) in [5, 5.41) is 8.95. The fraction of sp³-hybridized carbons (Fsp3) is 0.824. The van der Waals surface area contributed by atoms with Crippen LogP contribution in [0.3, 0.4) is 0 Å². The van der Waals surface area contributed by atoms with Crippen molar-refractivity contribution >= 4 is 18.0 Å². The van der Waals surface area contributed by atoms with Crippen molar-refractivity contribution in [2.75, 3.05) is 26.7 Å². The van der Waals surface area contributed by atoms with Crippen LogP contribution in [-0.4, -0.2) is 67.2 Å². The normalized spacial score (nSPS) is 18.3. The summed E-state index contributed by atoms with van der Waals surface area (Å²) in [4.78, 5) is 29.8. The van der Waals surface area contributed by atoms with Crippen LogP contribution >= 0.6 is 0 Å². The van der Waals surface area contributed by atoms with Gasteiger partial charge in [-0.25, -0.2) is 4.79 Å². The maximum absolute atomic E-state index is 11.9. The number of amides is 2. The predicted octanol–water partition coefficient (Wildman–Crippen LogP) is 1.08. The van der Waals surface area contributed by atoms with Crippen LogP contribution in [0.2, 0.25) is 0 Å². The van der Waals surface area contributed by atoms with Crippen LogP contribution < -0.4 is 16.0 Å². The van der Waals surface area contributed by atoms with Crippen molar-refractivity contribution in [2.45, 2.75) is 65.1 Å². The molecule has 3 N–H and O–H groups in total. The Morgan fingerprint density at radius 1 is 1.32 bits per heavy atom. The number of alkyl carbamates (subject to hydrolysis) is 1. The number of nitrogens with one attached hydrogen (secondary N) is 3. The Morgan fingerprint density at radius 3 is 2.56 bits per heavy atom. The number of likely N-dealkylation sites (tertiary alicyclic amines) is 1. The van der Waals surface area contributed by atoms with E-state index in [4.69, 9.17) is 4.74 Å². The Hall–Kier alpha value is -1.99. The topological polar surface area (TPSA) is 95.1 Å². The Bertz CT molecular complexity index is 485. The lowest BCUT2D eigenvalue weighted by Gasteiger charge is -2.23. The van der Waals surface area contributed by atoms with Gasteiger partial charge < -0.3 is 25.6 Å². The Balaban J connectivity index is 2.37. The molecule has 0 saturated carbocycles. The molecule has 1 unspecified atom stereocenters. The molecule has 1 heterocycles. The van der Waals surface area contributed by atoms with Gasteiger partial charge in [0.05, 0.1) is 6.04 Å². The third-order valence-electron chi connectivity index (χ3n) is 3.51. The molecule has 25 heavy (non-hydrogen) atoms. The molecule has 0 aliphatic carbocycles. The van der Waals surface area contributed by atoms with Gasteiger partial charge >= 0.3 is 6.09 Å². The summed E-state index contributed by atoms with van der Waals surface area (Å²) in [6.45, 7) is 11.4. The van der Waals surface area contributed by atoms with Gasteiger partial charge in [0, 0.05) is 39.1 Å². The van der Waals surface area contributed by atoms with Crippen LogP contribution in [0.1, 0.15) is 47.5 Å². The van der Waals surface area contributed by atoms with Crippen molar-refractivity contribution in [3.63, 3.8) is 0 Å². The van der Waals surface area contributed by atoms with E-state index in [0.29, 0.717) is 19.5 Å². The summed E-state index contributed by atoms with van der Waals surface area (Å²) in [5.41, 5.74) is -0.503. The van der Waals surface area contributed by atoms with E-state index in [1.54, 1.807) is 7.05 Å². The molecule has 1 aliphatic rings. The molecule has 0 radical (unpaired) electrons. The predicted molar refractivity (Wildman–Crippen MR) is 98.6 cm³/mol. The van der Waals surface area contributed by atoms with Gasteiger partial charge in [0.2, 0.25) is 5.91 Å². The molecule has 2 amide bonds. The van der Waals surface area contributed by atoms with Crippen molar-refractivity contribution in [2.24, 2.45) is 4.99 Å². The van der Waals surface area contributed by atoms with Crippen LogP contribution in [0.15, 0.2) is 4.99 Å². The maximum atomic E-state index is 11.9. The van der Waals surface area contributed by atoms with Gasteiger partial charge in [-0.3, -0.25) is 9.79 Å². The third kappa shape index (κ3) is 8.60. The maximum Gasteiger partial charge on any atom is 0.407 e. The molecule has 1 aliphatic heterocycles. The summed E-state index contributed by atoms with van der Waals surface area (Å²) in [5.74, 6) is 0.759. The molecule has 8 nitrogen and oxygen atoms in total. The van der Waals surface area contributed by atoms with Crippen molar-refractivity contribution in [1.82, 2.24) is 20.9 Å². The van der Waals surface area contributed by atoms with Crippen molar-refractivity contribution in [1.29, 1.82) is 0 Å². The van der Waals surface area contributed by atoms with Crippen molar-refractivity contribution in [3.8, 4) is 0 Å². The second-order valence-corrected chi connectivity index (χ2v) is 7.52. The average Bonchev–Trinajstić information content (AvgIpc) is 2.88. The van der Waals surface area contributed by atoms with Gasteiger partial charge in [-0.2, -0.15) is 0 Å². The molecule has 0 spiro atoms. The zero-order valence-corrected chi connectivity index (χ0v) is 16.3. The van der Waals surface area contributed by atoms with Gasteiger partial charge in [0.1, 0.15) is 5.60 Å². The van der Waals surface area contributed by atoms with Crippen LogP contribution in [0.4, 0.5) is 4.79 Å². The zero-order chi connectivity index (χ0) is 19.0. The molecule has 1 saturated heterocycles. The SMILES string of the molecule is CN=C(NCCC(=O)NC(C)C)N1CCC(NC(=O)OC(C)(C)C)C1. The lowest BCUT2D eigenvalue weighted by atomic mass is 10.2. The minimum Gasteiger partial charge on any atom is -0.444 e. The van der Waals surface area contributed by atoms with Crippen LogP contribution in [-0.2, 0) is 9.53 Å². The third-order valence-corrected chi connectivity index (χ3v) is 3.51. The van der Waals surface area contributed by atoms with E-state index in [-0.39, 0.29) is 18.0 Å². The number of guanidine groups is 1. The quantitative estimate of drug-likeness (QED) is 0.507. The average molecular weight is 355 g/mol. The minimum absolute atomic E-state index is 0.0174. The second kappa shape index (κ2) is 9.48. The first-order valence-corrected chi connectivity index (χ1v) is 8.85. The fourth-order valence-corrected chi connectivity index (χ4v) is 2.56. The van der Waals surface area contributed by atoms with Crippen LogP contribution in [0.5, 0.6) is 0 Å². The molecular formula is C17H33N5O3. The highest BCUT2D eigenvalue weighted by Gasteiger charge is 2.27. The summed E-state index contributed by atoms with van der Waals surface area (Å²) < 4.78 is 5.29. The smallest absolute Gasteiger partial charge is 0.407 e. The number of hydrogen-bond donors (Lipinski definition) is 3. The number of rotatable bonds is 5. The summed E-state index contributed by atoms with van der Waals surface area (Å²) >= 11 is 0. The highest BCUT2D eigenvalue weighted by molar-refractivity contribution is 5.81. The van der Waals surface area contributed by atoms with Crippen LogP contribution in [0.25, 0.3) is 0 Å². The van der Waals surface area contributed by atoms with Crippen molar-refractivity contribution < 1.29 is 14.3 Å². The van der Waals surface area contributed by atoms with Crippen molar-refractivity contribution in [3.05, 3.63) is 0 Å². The highest BCUT2D eigenvalue weighted by atomic mass is 16.6. The van der Waals surface area contributed by atoms with E-state index in [1.807, 2.05) is 34.6 Å². The molecule has 0 aromatic carbocycles. The molecule has 8 heteroatoms. The number of hydrogen-bond acceptors (Lipinski definition) is 4. The van der Waals surface area contributed by atoms with E-state index in [1.165, 1.54) is 0 Å². The van der Waals surface area contributed by atoms with E-state index < -0.39 is 11.7 Å². The Labute approximate surface area is 150 Å². The fourth-order valence-electron chi connectivity index (χ4n) is 2.56. The zero-order valence-electron chi connectivity index (χ0n) is 16.3. The molecular weight excluding hydrogens is 322 g/mol. The van der Waals surface area contributed by atoms with Gasteiger partial charge in [-0.15, -0.1) is 0 Å². The molecule has 0 aromatic heterocycles. The van der Waals surface area contributed by atoms with Gasteiger partial charge in [0.25, 0.3) is 0 Å². The molecule has 0 aromatic rings. The first-order chi connectivity index (χ1) is 11.6. The van der Waals surface area contributed by atoms with E-state index in [2.05, 4.69) is 25.8 Å². The number of aliphatic imine (C=N–C) groups is 1. The Kier molecular flexibility index (Phi) is 7.99. The second-order valence-electron chi connectivity index (χ2n) is 7.52. The molecule has 1 fully saturated rings. The monoisotopic (exact) mass is 355 g/mol. The number of ether oxygens (including phenoxy) is 1. The summed E-state index contributed by atoms with van der Waals surface area (Å²) in [7, 11) is 1.71. The molecule has 144 valence electrons. The van der Waals surface area contributed by atoms with E-state index >= 15 is 0 Å². The minimum atomic E-state index is -0.503. The molecule has 1 atom stereocenters. The molecule has 0 bridgehead atoms. The number of carbonyl (C=O) groups excluding carboxylic acids is 2. The van der Waals surface area contributed by atoms with Gasteiger partial charge in [-0.05, 0) is 41.0 Å². The number of nitrogens with zero attached hydrogens (tertiary/aromatic N) is 2. The first kappa shape index (κ1) is 21.1. The highest BCUT2D eigenvalue weighted by Crippen LogP contribution is 2.12. The largest absolute Gasteiger partial charge is 0.444 e. The van der Waals surface area contributed by atoms with Crippen LogP contribution in [0, 0.1) is 0 Å². The summed E-state index contributed by atoms with van der Waals surface area (Å²) in [6.07, 6.45) is 0.825.